The van der Waals surface area contributed by atoms with Crippen LogP contribution in [0.1, 0.15) is 21.6 Å². The first-order valence-corrected chi connectivity index (χ1v) is 5.99. The minimum absolute atomic E-state index is 0.0712. The first kappa shape index (κ1) is 13.1. The van der Waals surface area contributed by atoms with E-state index in [0.29, 0.717) is 12.1 Å². The maximum absolute atomic E-state index is 12.4. The molecule has 0 radical (unpaired) electrons. The summed E-state index contributed by atoms with van der Waals surface area (Å²) in [6, 6.07) is 1.86. The highest BCUT2D eigenvalue weighted by atomic mass is 16.2. The number of aromatic amines is 1. The van der Waals surface area contributed by atoms with Crippen molar-refractivity contribution in [2.75, 3.05) is 19.4 Å². The van der Waals surface area contributed by atoms with Gasteiger partial charge in [-0.2, -0.15) is 5.10 Å². The Kier molecular flexibility index (Phi) is 3.79. The van der Waals surface area contributed by atoms with Crippen LogP contribution in [0.2, 0.25) is 0 Å². The molecular formula is C13H17N5O. The molecule has 0 aliphatic carbocycles. The number of amides is 1. The summed E-state index contributed by atoms with van der Waals surface area (Å²) in [4.78, 5) is 18.2. The first-order chi connectivity index (χ1) is 9.11. The van der Waals surface area contributed by atoms with Crippen LogP contribution < -0.4 is 5.32 Å². The second-order valence-corrected chi connectivity index (χ2v) is 4.39. The van der Waals surface area contributed by atoms with Crippen LogP contribution in [0.5, 0.6) is 0 Å². The van der Waals surface area contributed by atoms with E-state index in [4.69, 9.17) is 0 Å². The van der Waals surface area contributed by atoms with Gasteiger partial charge in [0.05, 0.1) is 17.4 Å². The Hall–Kier alpha value is -2.37. The maximum atomic E-state index is 12.4. The van der Waals surface area contributed by atoms with Crippen molar-refractivity contribution in [2.24, 2.45) is 0 Å². The molecule has 0 saturated heterocycles. The summed E-state index contributed by atoms with van der Waals surface area (Å²) in [7, 11) is 3.55. The number of hydrogen-bond acceptors (Lipinski definition) is 4. The molecule has 0 spiro atoms. The lowest BCUT2D eigenvalue weighted by Gasteiger charge is -2.18. The lowest BCUT2D eigenvalue weighted by Crippen LogP contribution is -2.27. The average molecular weight is 259 g/mol. The zero-order valence-electron chi connectivity index (χ0n) is 11.3. The lowest BCUT2D eigenvalue weighted by atomic mass is 10.2. The average Bonchev–Trinajstić information content (AvgIpc) is 2.90. The fourth-order valence-electron chi connectivity index (χ4n) is 1.85. The van der Waals surface area contributed by atoms with Crippen LogP contribution in [0.4, 0.5) is 5.69 Å². The molecule has 0 bridgehead atoms. The number of rotatable bonds is 4. The Balaban J connectivity index is 2.19. The highest BCUT2D eigenvalue weighted by Crippen LogP contribution is 2.17. The topological polar surface area (TPSA) is 73.9 Å². The van der Waals surface area contributed by atoms with Gasteiger partial charge in [-0.3, -0.25) is 14.9 Å². The Morgan fingerprint density at radius 2 is 2.26 bits per heavy atom. The molecule has 1 amide bonds. The smallest absolute Gasteiger partial charge is 0.257 e. The zero-order chi connectivity index (χ0) is 13.8. The summed E-state index contributed by atoms with van der Waals surface area (Å²) in [6.07, 6.45) is 5.08. The van der Waals surface area contributed by atoms with Gasteiger partial charge in [0.2, 0.25) is 0 Å². The molecule has 0 atom stereocenters. The summed E-state index contributed by atoms with van der Waals surface area (Å²) < 4.78 is 0. The second-order valence-electron chi connectivity index (χ2n) is 4.39. The van der Waals surface area contributed by atoms with Gasteiger partial charge >= 0.3 is 0 Å². The van der Waals surface area contributed by atoms with Crippen LogP contribution in [0, 0.1) is 6.92 Å². The van der Waals surface area contributed by atoms with E-state index in [1.54, 1.807) is 37.6 Å². The summed E-state index contributed by atoms with van der Waals surface area (Å²) >= 11 is 0. The van der Waals surface area contributed by atoms with Crippen molar-refractivity contribution < 1.29 is 4.79 Å². The molecule has 0 aromatic carbocycles. The van der Waals surface area contributed by atoms with Crippen LogP contribution in [-0.4, -0.2) is 40.1 Å². The number of aryl methyl sites for hydroxylation is 1. The van der Waals surface area contributed by atoms with Gasteiger partial charge in [0.15, 0.2) is 0 Å². The fraction of sp³-hybridized carbons (Fsp3) is 0.308. The minimum atomic E-state index is -0.0712. The van der Waals surface area contributed by atoms with E-state index in [1.807, 2.05) is 13.0 Å². The van der Waals surface area contributed by atoms with Crippen molar-refractivity contribution in [1.82, 2.24) is 20.1 Å². The largest absolute Gasteiger partial charge is 0.387 e. The predicted molar refractivity (Wildman–Crippen MR) is 72.9 cm³/mol. The van der Waals surface area contributed by atoms with Crippen LogP contribution in [-0.2, 0) is 6.54 Å². The summed E-state index contributed by atoms with van der Waals surface area (Å²) in [5.41, 5.74) is 3.19. The van der Waals surface area contributed by atoms with Crippen molar-refractivity contribution in [1.29, 1.82) is 0 Å². The lowest BCUT2D eigenvalue weighted by molar-refractivity contribution is 0.0785. The number of pyridine rings is 1. The molecule has 6 nitrogen and oxygen atoms in total. The number of hydrogen-bond donors (Lipinski definition) is 2. The molecule has 2 heterocycles. The fourth-order valence-corrected chi connectivity index (χ4v) is 1.85. The Bertz CT molecular complexity index is 564. The molecule has 0 aliphatic rings. The third-order valence-electron chi connectivity index (χ3n) is 2.86. The van der Waals surface area contributed by atoms with E-state index in [2.05, 4.69) is 20.5 Å². The third kappa shape index (κ3) is 2.90. The molecule has 100 valence electrons. The standard InChI is InChI=1S/C13H17N5O/c1-9-4-12(14-2)11(7-15-9)13(19)18(3)8-10-5-16-17-6-10/h4-7H,8H2,1-3H3,(H,14,15)(H,16,17). The highest BCUT2D eigenvalue weighted by molar-refractivity contribution is 5.99. The van der Waals surface area contributed by atoms with Crippen LogP contribution >= 0.6 is 0 Å². The van der Waals surface area contributed by atoms with Gasteiger partial charge in [0.25, 0.3) is 5.91 Å². The third-order valence-corrected chi connectivity index (χ3v) is 2.86. The van der Waals surface area contributed by atoms with E-state index >= 15 is 0 Å². The maximum Gasteiger partial charge on any atom is 0.257 e. The van der Waals surface area contributed by atoms with E-state index in [1.165, 1.54) is 0 Å². The molecule has 0 aliphatic heterocycles. The molecule has 0 fully saturated rings. The number of nitrogens with one attached hydrogen (secondary N) is 2. The summed E-state index contributed by atoms with van der Waals surface area (Å²) in [6.45, 7) is 2.40. The van der Waals surface area contributed by atoms with Gasteiger partial charge < -0.3 is 10.2 Å². The number of nitrogens with zero attached hydrogens (tertiary/aromatic N) is 3. The monoisotopic (exact) mass is 259 g/mol. The Morgan fingerprint density at radius 1 is 1.47 bits per heavy atom. The highest BCUT2D eigenvalue weighted by Gasteiger charge is 2.16. The molecule has 2 N–H and O–H groups in total. The first-order valence-electron chi connectivity index (χ1n) is 5.99. The van der Waals surface area contributed by atoms with Gasteiger partial charge in [-0.15, -0.1) is 0 Å². The van der Waals surface area contributed by atoms with Gasteiger partial charge in [0.1, 0.15) is 0 Å². The Morgan fingerprint density at radius 3 is 2.89 bits per heavy atom. The molecule has 2 aromatic rings. The number of aromatic nitrogens is 3. The van der Waals surface area contributed by atoms with Crippen molar-refractivity contribution in [3.63, 3.8) is 0 Å². The molecule has 2 aromatic heterocycles. The zero-order valence-corrected chi connectivity index (χ0v) is 11.3. The van der Waals surface area contributed by atoms with Gasteiger partial charge in [0, 0.05) is 44.3 Å². The number of carbonyl (C=O) groups is 1. The molecule has 0 unspecified atom stereocenters. The molecule has 6 heteroatoms. The van der Waals surface area contributed by atoms with Gasteiger partial charge in [-0.05, 0) is 13.0 Å². The van der Waals surface area contributed by atoms with E-state index in [9.17, 15) is 4.79 Å². The summed E-state index contributed by atoms with van der Waals surface area (Å²) in [5, 5.41) is 9.62. The van der Waals surface area contributed by atoms with Crippen molar-refractivity contribution in [3.8, 4) is 0 Å². The van der Waals surface area contributed by atoms with Crippen LogP contribution in [0.3, 0.4) is 0 Å². The van der Waals surface area contributed by atoms with Crippen molar-refractivity contribution in [2.45, 2.75) is 13.5 Å². The number of anilines is 1. The molecular weight excluding hydrogens is 242 g/mol. The van der Waals surface area contributed by atoms with E-state index < -0.39 is 0 Å². The van der Waals surface area contributed by atoms with Gasteiger partial charge in [-0.25, -0.2) is 0 Å². The normalized spacial score (nSPS) is 10.3. The summed E-state index contributed by atoms with van der Waals surface area (Å²) in [5.74, 6) is -0.0712. The number of H-pyrrole nitrogens is 1. The minimum Gasteiger partial charge on any atom is -0.387 e. The van der Waals surface area contributed by atoms with Crippen LogP contribution in [0.25, 0.3) is 0 Å². The van der Waals surface area contributed by atoms with Crippen LogP contribution in [0.15, 0.2) is 24.7 Å². The quantitative estimate of drug-likeness (QED) is 0.871. The van der Waals surface area contributed by atoms with Crippen molar-refractivity contribution in [3.05, 3.63) is 41.5 Å². The predicted octanol–water partition coefficient (Wildman–Crippen LogP) is 1.43. The second kappa shape index (κ2) is 5.51. The Labute approximate surface area is 111 Å². The van der Waals surface area contributed by atoms with Gasteiger partial charge in [-0.1, -0.05) is 0 Å². The van der Waals surface area contributed by atoms with E-state index in [-0.39, 0.29) is 5.91 Å². The SMILES string of the molecule is CNc1cc(C)ncc1C(=O)N(C)Cc1cn[nH]c1. The van der Waals surface area contributed by atoms with E-state index in [0.717, 1.165) is 16.9 Å². The molecule has 2 rings (SSSR count). The number of carbonyl (C=O) groups excluding carboxylic acids is 1. The molecule has 19 heavy (non-hydrogen) atoms. The van der Waals surface area contributed by atoms with Crippen molar-refractivity contribution >= 4 is 11.6 Å². The molecule has 0 saturated carbocycles.